The van der Waals surface area contributed by atoms with E-state index in [0.717, 1.165) is 0 Å². The number of nitrogens with one attached hydrogen (secondary N) is 1. The molecule has 1 unspecified atom stereocenters. The molecule has 0 aliphatic carbocycles. The molecule has 0 spiro atoms. The molecule has 1 atom stereocenters. The second-order valence-electron chi connectivity index (χ2n) is 3.26. The second kappa shape index (κ2) is 4.27. The summed E-state index contributed by atoms with van der Waals surface area (Å²) in [4.78, 5) is 8.17. The van der Waals surface area contributed by atoms with Gasteiger partial charge in [-0.25, -0.2) is 9.97 Å². The smallest absolute Gasteiger partial charge is 0.223 e. The van der Waals surface area contributed by atoms with Crippen molar-refractivity contribution in [2.24, 2.45) is 0 Å². The summed E-state index contributed by atoms with van der Waals surface area (Å²) in [5.74, 6) is 0.600. The summed E-state index contributed by atoms with van der Waals surface area (Å²) in [6, 6.07) is 2.29. The zero-order chi connectivity index (χ0) is 10.7. The maximum Gasteiger partial charge on any atom is 0.223 e. The van der Waals surface area contributed by atoms with Crippen LogP contribution in [0, 0.1) is 0 Å². The molecule has 0 bridgehead atoms. The summed E-state index contributed by atoms with van der Waals surface area (Å²) in [5, 5.41) is 7.36. The van der Waals surface area contributed by atoms with E-state index in [-0.39, 0.29) is 6.04 Å². The van der Waals surface area contributed by atoms with E-state index in [4.69, 9.17) is 5.73 Å². The number of hydrogen-bond acceptors (Lipinski definition) is 5. The van der Waals surface area contributed by atoms with Gasteiger partial charge in [-0.1, -0.05) is 0 Å². The highest BCUT2D eigenvalue weighted by molar-refractivity contribution is 7.07. The van der Waals surface area contributed by atoms with Crippen molar-refractivity contribution in [3.8, 4) is 0 Å². The average molecular weight is 220 g/mol. The minimum atomic E-state index is 0.208. The van der Waals surface area contributed by atoms with Gasteiger partial charge in [0.1, 0.15) is 0 Å². The summed E-state index contributed by atoms with van der Waals surface area (Å²) in [5.41, 5.74) is 7.31. The van der Waals surface area contributed by atoms with Gasteiger partial charge in [0.15, 0.2) is 0 Å². The van der Waals surface area contributed by atoms with Gasteiger partial charge in [0.2, 0.25) is 5.95 Å². The van der Waals surface area contributed by atoms with Crippen molar-refractivity contribution < 1.29 is 0 Å². The Morgan fingerprint density at radius 2 is 2.13 bits per heavy atom. The van der Waals surface area contributed by atoms with Gasteiger partial charge in [0.05, 0.1) is 24.1 Å². The Hall–Kier alpha value is -1.62. The Bertz CT molecular complexity index is 409. The lowest BCUT2D eigenvalue weighted by Crippen LogP contribution is -2.08. The molecule has 4 nitrogen and oxygen atoms in total. The molecule has 0 aliphatic heterocycles. The molecular formula is C10H12N4S. The zero-order valence-corrected chi connectivity index (χ0v) is 9.16. The molecule has 0 aliphatic rings. The summed E-state index contributed by atoms with van der Waals surface area (Å²) in [6.07, 6.45) is 3.19. The number of thiophene rings is 1. The van der Waals surface area contributed by atoms with Crippen molar-refractivity contribution in [2.75, 3.05) is 11.1 Å². The van der Waals surface area contributed by atoms with Crippen molar-refractivity contribution in [3.63, 3.8) is 0 Å². The summed E-state index contributed by atoms with van der Waals surface area (Å²) >= 11 is 1.68. The molecule has 2 aromatic heterocycles. The van der Waals surface area contributed by atoms with Gasteiger partial charge in [0, 0.05) is 0 Å². The van der Waals surface area contributed by atoms with Crippen LogP contribution in [0.1, 0.15) is 18.5 Å². The van der Waals surface area contributed by atoms with E-state index in [2.05, 4.69) is 39.0 Å². The third-order valence-electron chi connectivity index (χ3n) is 2.06. The van der Waals surface area contributed by atoms with E-state index >= 15 is 0 Å². The lowest BCUT2D eigenvalue weighted by atomic mass is 10.2. The number of rotatable bonds is 3. The Labute approximate surface area is 92.2 Å². The molecule has 0 aromatic carbocycles. The van der Waals surface area contributed by atoms with Gasteiger partial charge in [0.25, 0.3) is 0 Å². The molecule has 0 saturated carbocycles. The molecule has 0 saturated heterocycles. The Balaban J connectivity index is 2.06. The molecule has 0 radical (unpaired) electrons. The molecule has 0 amide bonds. The first-order chi connectivity index (χ1) is 7.25. The van der Waals surface area contributed by atoms with Crippen molar-refractivity contribution in [1.29, 1.82) is 0 Å². The fourth-order valence-corrected chi connectivity index (χ4v) is 1.97. The van der Waals surface area contributed by atoms with Gasteiger partial charge in [-0.15, -0.1) is 0 Å². The van der Waals surface area contributed by atoms with Crippen LogP contribution in [0.2, 0.25) is 0 Å². The van der Waals surface area contributed by atoms with Gasteiger partial charge >= 0.3 is 0 Å². The quantitative estimate of drug-likeness (QED) is 0.833. The largest absolute Gasteiger partial charge is 0.396 e. The van der Waals surface area contributed by atoms with Crippen LogP contribution in [0.4, 0.5) is 11.6 Å². The third-order valence-corrected chi connectivity index (χ3v) is 2.76. The van der Waals surface area contributed by atoms with Gasteiger partial charge < -0.3 is 11.1 Å². The highest BCUT2D eigenvalue weighted by Gasteiger charge is 2.06. The fraction of sp³-hybridized carbons (Fsp3) is 0.200. The van der Waals surface area contributed by atoms with Crippen molar-refractivity contribution in [1.82, 2.24) is 9.97 Å². The predicted molar refractivity (Wildman–Crippen MR) is 62.8 cm³/mol. The Morgan fingerprint density at radius 1 is 1.40 bits per heavy atom. The van der Waals surface area contributed by atoms with Gasteiger partial charge in [-0.05, 0) is 29.3 Å². The first kappa shape index (κ1) is 9.92. The summed E-state index contributed by atoms with van der Waals surface area (Å²) in [7, 11) is 0. The van der Waals surface area contributed by atoms with Crippen LogP contribution < -0.4 is 11.1 Å². The zero-order valence-electron chi connectivity index (χ0n) is 8.34. The molecule has 15 heavy (non-hydrogen) atoms. The van der Waals surface area contributed by atoms with Crippen LogP contribution >= 0.6 is 11.3 Å². The van der Waals surface area contributed by atoms with Crippen molar-refractivity contribution in [2.45, 2.75) is 13.0 Å². The van der Waals surface area contributed by atoms with Crippen LogP contribution in [0.3, 0.4) is 0 Å². The number of hydrogen-bond donors (Lipinski definition) is 2. The molecular weight excluding hydrogens is 208 g/mol. The van der Waals surface area contributed by atoms with E-state index < -0.39 is 0 Å². The fourth-order valence-electron chi connectivity index (χ4n) is 1.21. The second-order valence-corrected chi connectivity index (χ2v) is 4.04. The standard InChI is InChI=1S/C10H12N4S/c1-7(8-2-3-15-6-8)14-10-12-4-9(11)5-13-10/h2-7H,11H2,1H3,(H,12,13,14). The van der Waals surface area contributed by atoms with Crippen LogP contribution in [-0.4, -0.2) is 9.97 Å². The van der Waals surface area contributed by atoms with Gasteiger partial charge in [-0.2, -0.15) is 11.3 Å². The van der Waals surface area contributed by atoms with Gasteiger partial charge in [-0.3, -0.25) is 0 Å². The molecule has 2 rings (SSSR count). The molecule has 2 aromatic rings. The highest BCUT2D eigenvalue weighted by atomic mass is 32.1. The first-order valence-electron chi connectivity index (χ1n) is 4.62. The normalized spacial score (nSPS) is 12.3. The molecule has 5 heteroatoms. The summed E-state index contributed by atoms with van der Waals surface area (Å²) in [6.45, 7) is 2.07. The minimum Gasteiger partial charge on any atom is -0.396 e. The Kier molecular flexibility index (Phi) is 2.82. The topological polar surface area (TPSA) is 63.8 Å². The van der Waals surface area contributed by atoms with E-state index in [9.17, 15) is 0 Å². The van der Waals surface area contributed by atoms with Crippen molar-refractivity contribution >= 4 is 23.0 Å². The van der Waals surface area contributed by atoms with Crippen LogP contribution in [-0.2, 0) is 0 Å². The van der Waals surface area contributed by atoms with E-state index in [1.165, 1.54) is 5.56 Å². The van der Waals surface area contributed by atoms with E-state index in [1.54, 1.807) is 23.7 Å². The number of anilines is 2. The Morgan fingerprint density at radius 3 is 2.73 bits per heavy atom. The first-order valence-corrected chi connectivity index (χ1v) is 5.56. The average Bonchev–Trinajstić information content (AvgIpc) is 2.74. The number of nitrogen functional groups attached to an aromatic ring is 1. The SMILES string of the molecule is CC(Nc1ncc(N)cn1)c1ccsc1. The maximum atomic E-state index is 5.50. The lowest BCUT2D eigenvalue weighted by Gasteiger charge is -2.11. The maximum absolute atomic E-state index is 5.50. The predicted octanol–water partition coefficient (Wildman–Crippen LogP) is 2.29. The molecule has 78 valence electrons. The van der Waals surface area contributed by atoms with Crippen LogP contribution in [0.15, 0.2) is 29.2 Å². The monoisotopic (exact) mass is 220 g/mol. The number of aromatic nitrogens is 2. The van der Waals surface area contributed by atoms with Crippen LogP contribution in [0.25, 0.3) is 0 Å². The number of nitrogens with zero attached hydrogens (tertiary/aromatic N) is 2. The summed E-state index contributed by atoms with van der Waals surface area (Å²) < 4.78 is 0. The highest BCUT2D eigenvalue weighted by Crippen LogP contribution is 2.18. The molecule has 3 N–H and O–H groups in total. The minimum absolute atomic E-state index is 0.208. The van der Waals surface area contributed by atoms with E-state index in [1.807, 2.05) is 0 Å². The molecule has 0 fully saturated rings. The van der Waals surface area contributed by atoms with Crippen LogP contribution in [0.5, 0.6) is 0 Å². The molecule has 2 heterocycles. The number of nitrogens with two attached hydrogens (primary N) is 1. The third kappa shape index (κ3) is 2.44. The van der Waals surface area contributed by atoms with E-state index in [0.29, 0.717) is 11.6 Å². The lowest BCUT2D eigenvalue weighted by molar-refractivity contribution is 0.865. The van der Waals surface area contributed by atoms with Crippen molar-refractivity contribution in [3.05, 3.63) is 34.8 Å².